The number of rotatable bonds is 9. The fourth-order valence-electron chi connectivity index (χ4n) is 3.55. The number of esters is 1. The number of hydrogen-bond donors (Lipinski definition) is 2. The van der Waals surface area contributed by atoms with E-state index in [-0.39, 0.29) is 24.4 Å². The highest BCUT2D eigenvalue weighted by molar-refractivity contribution is 5.93. The summed E-state index contributed by atoms with van der Waals surface area (Å²) in [5, 5.41) is 17.0. The number of benzene rings is 3. The van der Waals surface area contributed by atoms with Crippen molar-refractivity contribution in [2.24, 2.45) is 0 Å². The van der Waals surface area contributed by atoms with E-state index in [1.54, 1.807) is 37.3 Å². The van der Waals surface area contributed by atoms with E-state index in [9.17, 15) is 19.1 Å². The Morgan fingerprint density at radius 3 is 2.36 bits per heavy atom. The van der Waals surface area contributed by atoms with Crippen LogP contribution in [-0.4, -0.2) is 33.4 Å². The van der Waals surface area contributed by atoms with Gasteiger partial charge >= 0.3 is 5.97 Å². The Hall–Kier alpha value is -4.66. The first-order chi connectivity index (χ1) is 17.4. The van der Waals surface area contributed by atoms with Gasteiger partial charge in [0.2, 0.25) is 5.88 Å². The quantitative estimate of drug-likeness (QED) is 0.323. The molecule has 3 aromatic carbocycles. The summed E-state index contributed by atoms with van der Waals surface area (Å²) in [6.07, 6.45) is -0.127. The molecule has 184 valence electrons. The average Bonchev–Trinajstić information content (AvgIpc) is 3.26. The molecule has 8 nitrogen and oxygen atoms in total. The van der Waals surface area contributed by atoms with Crippen LogP contribution in [0.2, 0.25) is 0 Å². The highest BCUT2D eigenvalue weighted by Crippen LogP contribution is 2.26. The van der Waals surface area contributed by atoms with Gasteiger partial charge in [-0.3, -0.25) is 9.59 Å². The molecule has 9 heteroatoms. The van der Waals surface area contributed by atoms with Gasteiger partial charge in [0, 0.05) is 6.07 Å². The van der Waals surface area contributed by atoms with Crippen molar-refractivity contribution in [2.75, 3.05) is 6.61 Å². The number of amides is 1. The van der Waals surface area contributed by atoms with Gasteiger partial charge in [0.15, 0.2) is 5.69 Å². The van der Waals surface area contributed by atoms with Gasteiger partial charge in [0.25, 0.3) is 5.91 Å². The van der Waals surface area contributed by atoms with Gasteiger partial charge in [-0.05, 0) is 48.9 Å². The van der Waals surface area contributed by atoms with E-state index in [0.717, 1.165) is 10.7 Å². The molecule has 0 spiro atoms. The second-order valence-electron chi connectivity index (χ2n) is 7.77. The van der Waals surface area contributed by atoms with Crippen LogP contribution in [-0.2, 0) is 9.53 Å². The third-order valence-corrected chi connectivity index (χ3v) is 5.25. The van der Waals surface area contributed by atoms with Crippen LogP contribution in [0.4, 0.5) is 4.39 Å². The zero-order valence-electron chi connectivity index (χ0n) is 19.4. The lowest BCUT2D eigenvalue weighted by atomic mass is 10.0. The van der Waals surface area contributed by atoms with Gasteiger partial charge in [-0.15, -0.1) is 0 Å². The molecular formula is C27H24FN3O5. The van der Waals surface area contributed by atoms with Crippen LogP contribution in [0.5, 0.6) is 17.4 Å². The van der Waals surface area contributed by atoms with Crippen LogP contribution in [0.15, 0.2) is 84.9 Å². The minimum atomic E-state index is -0.747. The molecule has 1 unspecified atom stereocenters. The Balaban J connectivity index is 1.54. The largest absolute Gasteiger partial charge is 0.493 e. The molecule has 0 fully saturated rings. The van der Waals surface area contributed by atoms with Crippen LogP contribution in [0.25, 0.3) is 5.69 Å². The number of hydrogen-bond acceptors (Lipinski definition) is 6. The van der Waals surface area contributed by atoms with Gasteiger partial charge in [-0.2, -0.15) is 9.78 Å². The zero-order chi connectivity index (χ0) is 25.5. The molecule has 4 aromatic rings. The molecular weight excluding hydrogens is 465 g/mol. The lowest BCUT2D eigenvalue weighted by Gasteiger charge is -2.18. The Morgan fingerprint density at radius 2 is 1.67 bits per heavy atom. The molecule has 1 heterocycles. The maximum Gasteiger partial charge on any atom is 0.308 e. The third-order valence-electron chi connectivity index (χ3n) is 5.25. The van der Waals surface area contributed by atoms with E-state index < -0.39 is 29.6 Å². The van der Waals surface area contributed by atoms with E-state index in [2.05, 4.69) is 10.4 Å². The summed E-state index contributed by atoms with van der Waals surface area (Å²) in [5.74, 6) is -0.909. The number of aromatic nitrogens is 2. The van der Waals surface area contributed by atoms with Crippen molar-refractivity contribution in [1.82, 2.24) is 15.1 Å². The van der Waals surface area contributed by atoms with Crippen molar-refractivity contribution in [3.8, 4) is 23.1 Å². The van der Waals surface area contributed by atoms with E-state index in [0.29, 0.717) is 17.1 Å². The lowest BCUT2D eigenvalue weighted by molar-refractivity contribution is -0.143. The van der Waals surface area contributed by atoms with Crippen molar-refractivity contribution in [2.45, 2.75) is 19.4 Å². The van der Waals surface area contributed by atoms with Gasteiger partial charge in [0.1, 0.15) is 23.0 Å². The predicted octanol–water partition coefficient (Wildman–Crippen LogP) is 4.93. The summed E-state index contributed by atoms with van der Waals surface area (Å²) in [6, 6.07) is 22.3. The van der Waals surface area contributed by atoms with Crippen LogP contribution in [0, 0.1) is 5.82 Å². The minimum absolute atomic E-state index is 0.00821. The van der Waals surface area contributed by atoms with E-state index in [1.165, 1.54) is 18.2 Å². The normalized spacial score (nSPS) is 11.5. The molecule has 0 aliphatic rings. The first kappa shape index (κ1) is 24.5. The fraction of sp³-hybridized carbons (Fsp3) is 0.148. The molecule has 0 saturated carbocycles. The summed E-state index contributed by atoms with van der Waals surface area (Å²) in [5.41, 5.74) is 0.481. The first-order valence-corrected chi connectivity index (χ1v) is 11.3. The summed E-state index contributed by atoms with van der Waals surface area (Å²) in [4.78, 5) is 25.2. The van der Waals surface area contributed by atoms with Crippen LogP contribution >= 0.6 is 0 Å². The lowest BCUT2D eigenvalue weighted by Crippen LogP contribution is -2.31. The molecule has 0 saturated heterocycles. The van der Waals surface area contributed by atoms with Gasteiger partial charge in [0.05, 0.1) is 19.1 Å². The molecule has 1 aromatic heterocycles. The molecule has 0 aliphatic carbocycles. The number of carbonyl (C=O) groups excluding carboxylic acids is 2. The fourth-order valence-corrected chi connectivity index (χ4v) is 3.55. The van der Waals surface area contributed by atoms with Gasteiger partial charge in [-0.1, -0.05) is 42.5 Å². The second-order valence-corrected chi connectivity index (χ2v) is 7.77. The van der Waals surface area contributed by atoms with Crippen LogP contribution in [0.3, 0.4) is 0 Å². The molecule has 4 rings (SSSR count). The maximum atomic E-state index is 14.1. The number of carbonyl (C=O) groups is 2. The SMILES string of the molecule is CCOC(=O)CC(NC(=O)c1cc(O)n(-c2ccccc2F)n1)c1ccc(Oc2ccccc2)cc1. The van der Waals surface area contributed by atoms with Gasteiger partial charge in [-0.25, -0.2) is 4.39 Å². The number of nitrogens with one attached hydrogen (secondary N) is 1. The standard InChI is InChI=1S/C27H24FN3O5/c1-2-35-26(33)17-22(18-12-14-20(15-13-18)36-19-8-4-3-5-9-19)29-27(34)23-16-25(32)31(30-23)24-11-7-6-10-21(24)28/h3-16,22,32H,2,17H2,1H3,(H,29,34). The number of para-hydroxylation sites is 2. The van der Waals surface area contributed by atoms with E-state index in [1.807, 2.05) is 30.3 Å². The van der Waals surface area contributed by atoms with Crippen molar-refractivity contribution in [1.29, 1.82) is 0 Å². The third kappa shape index (κ3) is 5.87. The average molecular weight is 490 g/mol. The predicted molar refractivity (Wildman–Crippen MR) is 130 cm³/mol. The van der Waals surface area contributed by atoms with Crippen LogP contribution in [0.1, 0.15) is 35.4 Å². The Morgan fingerprint density at radius 1 is 1.00 bits per heavy atom. The molecule has 0 radical (unpaired) electrons. The van der Waals surface area contributed by atoms with E-state index >= 15 is 0 Å². The Labute approximate surface area is 206 Å². The number of ether oxygens (including phenoxy) is 2. The number of nitrogens with zero attached hydrogens (tertiary/aromatic N) is 2. The minimum Gasteiger partial charge on any atom is -0.493 e. The molecule has 1 amide bonds. The smallest absolute Gasteiger partial charge is 0.308 e. The van der Waals surface area contributed by atoms with Crippen molar-refractivity contribution >= 4 is 11.9 Å². The van der Waals surface area contributed by atoms with Crippen LogP contribution < -0.4 is 10.1 Å². The topological polar surface area (TPSA) is 103 Å². The molecule has 1 atom stereocenters. The Bertz CT molecular complexity index is 1340. The summed E-state index contributed by atoms with van der Waals surface area (Å²) in [6.45, 7) is 1.89. The summed E-state index contributed by atoms with van der Waals surface area (Å²) in [7, 11) is 0. The second kappa shape index (κ2) is 11.2. The van der Waals surface area contributed by atoms with Gasteiger partial charge < -0.3 is 19.9 Å². The number of halogens is 1. The zero-order valence-corrected chi connectivity index (χ0v) is 19.4. The van der Waals surface area contributed by atoms with Crippen molar-refractivity contribution in [3.05, 3.63) is 102 Å². The first-order valence-electron chi connectivity index (χ1n) is 11.3. The van der Waals surface area contributed by atoms with Crippen molar-refractivity contribution < 1.29 is 28.6 Å². The summed E-state index contributed by atoms with van der Waals surface area (Å²) < 4.78 is 25.9. The van der Waals surface area contributed by atoms with Crippen molar-refractivity contribution in [3.63, 3.8) is 0 Å². The maximum absolute atomic E-state index is 14.1. The van der Waals surface area contributed by atoms with E-state index in [4.69, 9.17) is 9.47 Å². The molecule has 0 bridgehead atoms. The molecule has 36 heavy (non-hydrogen) atoms. The molecule has 2 N–H and O–H groups in total. The monoisotopic (exact) mass is 489 g/mol. The summed E-state index contributed by atoms with van der Waals surface area (Å²) >= 11 is 0. The highest BCUT2D eigenvalue weighted by Gasteiger charge is 2.23. The Kier molecular flexibility index (Phi) is 7.60. The number of aromatic hydroxyl groups is 1. The molecule has 0 aliphatic heterocycles. The highest BCUT2D eigenvalue weighted by atomic mass is 19.1.